The van der Waals surface area contributed by atoms with Crippen LogP contribution in [0.2, 0.25) is 0 Å². The van der Waals surface area contributed by atoms with Gasteiger partial charge in [-0.3, -0.25) is 19.3 Å². The van der Waals surface area contributed by atoms with E-state index in [0.29, 0.717) is 18.4 Å². The van der Waals surface area contributed by atoms with Gasteiger partial charge in [0, 0.05) is 37.8 Å². The largest absolute Gasteiger partial charge is 0.357 e. The number of hydrogen-bond donors (Lipinski definition) is 0. The van der Waals surface area contributed by atoms with E-state index in [4.69, 9.17) is 0 Å². The summed E-state index contributed by atoms with van der Waals surface area (Å²) in [5, 5.41) is 0. The second-order valence-corrected chi connectivity index (χ2v) is 4.57. The van der Waals surface area contributed by atoms with Crippen LogP contribution in [0.25, 0.3) is 0 Å². The van der Waals surface area contributed by atoms with Gasteiger partial charge in [-0.05, 0) is 18.9 Å². The maximum atomic E-state index is 12.0. The molecule has 2 heterocycles. The lowest BCUT2D eigenvalue weighted by Crippen LogP contribution is -2.39. The third-order valence-corrected chi connectivity index (χ3v) is 3.09. The predicted molar refractivity (Wildman–Crippen MR) is 64.9 cm³/mol. The van der Waals surface area contributed by atoms with Crippen LogP contribution in [-0.4, -0.2) is 33.6 Å². The Balaban J connectivity index is 2.09. The number of likely N-dealkylation sites (tertiary alicyclic amines) is 1. The van der Waals surface area contributed by atoms with Gasteiger partial charge in [-0.15, -0.1) is 0 Å². The number of amides is 2. The molecule has 96 valence electrons. The van der Waals surface area contributed by atoms with Gasteiger partial charge in [0.1, 0.15) is 0 Å². The second kappa shape index (κ2) is 5.16. The van der Waals surface area contributed by atoms with Crippen LogP contribution in [0.1, 0.15) is 36.0 Å². The highest BCUT2D eigenvalue weighted by molar-refractivity contribution is 6.04. The Morgan fingerprint density at radius 1 is 1.22 bits per heavy atom. The average Bonchev–Trinajstić information content (AvgIpc) is 2.71. The van der Waals surface area contributed by atoms with E-state index in [2.05, 4.69) is 0 Å². The first-order valence-corrected chi connectivity index (χ1v) is 6.06. The number of Topliss-reactive ketones (excluding diaryl/α,β-unsaturated/α-hetero) is 1. The van der Waals surface area contributed by atoms with Gasteiger partial charge in [0.15, 0.2) is 5.78 Å². The summed E-state index contributed by atoms with van der Waals surface area (Å²) in [7, 11) is 1.82. The fourth-order valence-electron chi connectivity index (χ4n) is 2.04. The van der Waals surface area contributed by atoms with Crippen LogP contribution in [0.15, 0.2) is 18.5 Å². The molecule has 1 saturated heterocycles. The number of rotatable bonds is 3. The lowest BCUT2D eigenvalue weighted by atomic mass is 10.2. The summed E-state index contributed by atoms with van der Waals surface area (Å²) < 4.78 is 1.76. The van der Waals surface area contributed by atoms with Crippen molar-refractivity contribution < 1.29 is 14.4 Å². The number of aryl methyl sites for hydroxylation is 1. The van der Waals surface area contributed by atoms with E-state index in [9.17, 15) is 14.4 Å². The van der Waals surface area contributed by atoms with Crippen LogP contribution >= 0.6 is 0 Å². The maximum absolute atomic E-state index is 12.0. The van der Waals surface area contributed by atoms with E-state index < -0.39 is 0 Å². The van der Waals surface area contributed by atoms with Crippen LogP contribution in [0.4, 0.5) is 0 Å². The fraction of sp³-hybridized carbons (Fsp3) is 0.462. The van der Waals surface area contributed by atoms with Crippen molar-refractivity contribution in [3.8, 4) is 0 Å². The van der Waals surface area contributed by atoms with Crippen molar-refractivity contribution in [2.75, 3.05) is 6.54 Å². The molecule has 0 N–H and O–H groups in total. The molecule has 0 aromatic carbocycles. The average molecular weight is 248 g/mol. The van der Waals surface area contributed by atoms with E-state index in [1.807, 2.05) is 7.05 Å². The minimum Gasteiger partial charge on any atom is -0.357 e. The maximum Gasteiger partial charge on any atom is 0.229 e. The van der Waals surface area contributed by atoms with Gasteiger partial charge >= 0.3 is 0 Å². The molecule has 2 rings (SSSR count). The summed E-state index contributed by atoms with van der Waals surface area (Å²) in [6, 6.07) is 1.69. The van der Waals surface area contributed by atoms with Crippen molar-refractivity contribution in [3.63, 3.8) is 0 Å². The zero-order chi connectivity index (χ0) is 13.1. The third-order valence-electron chi connectivity index (χ3n) is 3.09. The molecule has 2 amide bonds. The zero-order valence-corrected chi connectivity index (χ0v) is 10.4. The molecule has 5 nitrogen and oxygen atoms in total. The number of aromatic nitrogens is 1. The lowest BCUT2D eigenvalue weighted by molar-refractivity contribution is -0.143. The number of imide groups is 1. The fourth-order valence-corrected chi connectivity index (χ4v) is 2.04. The Morgan fingerprint density at radius 2 is 1.83 bits per heavy atom. The Bertz CT molecular complexity index is 472. The molecule has 1 fully saturated rings. The first kappa shape index (κ1) is 12.5. The molecule has 1 aromatic rings. The molecule has 1 aliphatic rings. The zero-order valence-electron chi connectivity index (χ0n) is 10.4. The van der Waals surface area contributed by atoms with Gasteiger partial charge in [0.05, 0.1) is 6.54 Å². The van der Waals surface area contributed by atoms with Crippen LogP contribution < -0.4 is 0 Å². The van der Waals surface area contributed by atoms with Crippen molar-refractivity contribution in [1.82, 2.24) is 9.47 Å². The summed E-state index contributed by atoms with van der Waals surface area (Å²) in [5.41, 5.74) is 0.530. The summed E-state index contributed by atoms with van der Waals surface area (Å²) in [5.74, 6) is -0.664. The first-order chi connectivity index (χ1) is 8.58. The minimum atomic E-state index is -0.234. The summed E-state index contributed by atoms with van der Waals surface area (Å²) in [4.78, 5) is 36.6. The second-order valence-electron chi connectivity index (χ2n) is 4.57. The minimum absolute atomic E-state index is 0.137. The molecule has 0 atom stereocenters. The molecule has 0 aliphatic carbocycles. The number of carbonyl (C=O) groups excluding carboxylic acids is 3. The Kier molecular flexibility index (Phi) is 3.60. The molecule has 0 radical (unpaired) electrons. The highest BCUT2D eigenvalue weighted by Crippen LogP contribution is 2.13. The van der Waals surface area contributed by atoms with Gasteiger partial charge in [0.25, 0.3) is 0 Å². The van der Waals surface area contributed by atoms with Gasteiger partial charge < -0.3 is 4.57 Å². The SMILES string of the molecule is Cn1ccc(C(=O)CN2C(=O)CCCCC2=O)c1. The van der Waals surface area contributed by atoms with E-state index in [-0.39, 0.29) is 24.1 Å². The number of nitrogens with zero attached hydrogens (tertiary/aromatic N) is 2. The smallest absolute Gasteiger partial charge is 0.229 e. The van der Waals surface area contributed by atoms with E-state index in [0.717, 1.165) is 17.7 Å². The van der Waals surface area contributed by atoms with E-state index >= 15 is 0 Å². The van der Waals surface area contributed by atoms with Crippen LogP contribution in [0.5, 0.6) is 0 Å². The van der Waals surface area contributed by atoms with Crippen LogP contribution in [-0.2, 0) is 16.6 Å². The predicted octanol–water partition coefficient (Wildman–Crippen LogP) is 1.14. The van der Waals surface area contributed by atoms with E-state index in [1.54, 1.807) is 23.0 Å². The molecule has 0 unspecified atom stereocenters. The van der Waals surface area contributed by atoms with E-state index in [1.165, 1.54) is 0 Å². The van der Waals surface area contributed by atoms with Gasteiger partial charge in [-0.25, -0.2) is 0 Å². The van der Waals surface area contributed by atoms with Crippen molar-refractivity contribution in [3.05, 3.63) is 24.0 Å². The molecular weight excluding hydrogens is 232 g/mol. The van der Waals surface area contributed by atoms with Gasteiger partial charge in [-0.2, -0.15) is 0 Å². The number of ketones is 1. The van der Waals surface area contributed by atoms with Crippen molar-refractivity contribution in [2.24, 2.45) is 7.05 Å². The topological polar surface area (TPSA) is 59.4 Å². The molecule has 1 aliphatic heterocycles. The normalized spacial score (nSPS) is 16.8. The Morgan fingerprint density at radius 3 is 2.33 bits per heavy atom. The molecule has 1 aromatic heterocycles. The van der Waals surface area contributed by atoms with Crippen molar-refractivity contribution in [1.29, 1.82) is 0 Å². The van der Waals surface area contributed by atoms with Crippen molar-refractivity contribution >= 4 is 17.6 Å². The third kappa shape index (κ3) is 2.67. The number of hydrogen-bond acceptors (Lipinski definition) is 3. The van der Waals surface area contributed by atoms with Gasteiger partial charge in [0.2, 0.25) is 11.8 Å². The summed E-state index contributed by atoms with van der Waals surface area (Å²) >= 11 is 0. The molecule has 0 saturated carbocycles. The molecule has 0 spiro atoms. The first-order valence-electron chi connectivity index (χ1n) is 6.06. The van der Waals surface area contributed by atoms with Crippen LogP contribution in [0, 0.1) is 0 Å². The molecular formula is C13H16N2O3. The number of carbonyl (C=O) groups is 3. The highest BCUT2D eigenvalue weighted by Gasteiger charge is 2.26. The standard InChI is InChI=1S/C13H16N2O3/c1-14-7-6-10(8-14)11(16)9-15-12(17)4-2-3-5-13(15)18/h6-8H,2-5,9H2,1H3. The molecule has 18 heavy (non-hydrogen) atoms. The van der Waals surface area contributed by atoms with Crippen LogP contribution in [0.3, 0.4) is 0 Å². The summed E-state index contributed by atoms with van der Waals surface area (Å²) in [6.45, 7) is -0.137. The van der Waals surface area contributed by atoms with Gasteiger partial charge in [-0.1, -0.05) is 0 Å². The molecule has 5 heteroatoms. The summed E-state index contributed by atoms with van der Waals surface area (Å²) in [6.07, 6.45) is 5.61. The molecule has 0 bridgehead atoms. The van der Waals surface area contributed by atoms with Crippen molar-refractivity contribution in [2.45, 2.75) is 25.7 Å². The monoisotopic (exact) mass is 248 g/mol. The lowest BCUT2D eigenvalue weighted by Gasteiger charge is -2.17. The Hall–Kier alpha value is -1.91. The quantitative estimate of drug-likeness (QED) is 0.595. The Labute approximate surface area is 105 Å². The highest BCUT2D eigenvalue weighted by atomic mass is 16.2.